The fourth-order valence-corrected chi connectivity index (χ4v) is 2.98. The number of aliphatic imine (C=N–C) groups is 1. The Morgan fingerprint density at radius 2 is 2.04 bits per heavy atom. The lowest BCUT2D eigenvalue weighted by Gasteiger charge is -2.21. The molecule has 0 amide bonds. The van der Waals surface area contributed by atoms with E-state index in [0.717, 1.165) is 58.2 Å². The van der Waals surface area contributed by atoms with Crippen LogP contribution in [0.1, 0.15) is 26.2 Å². The predicted molar refractivity (Wildman–Crippen MR) is 125 cm³/mol. The minimum absolute atomic E-state index is 0. The SMILES string of the molecule is CN=C(NCCCOCC1CCOCC1)NCC(C)Oc1ccccc1Cl.I. The summed E-state index contributed by atoms with van der Waals surface area (Å²) < 4.78 is 17.0. The second kappa shape index (κ2) is 15.1. The molecule has 2 N–H and O–H groups in total. The van der Waals surface area contributed by atoms with Crippen LogP contribution in [0.2, 0.25) is 5.02 Å². The van der Waals surface area contributed by atoms with E-state index < -0.39 is 0 Å². The van der Waals surface area contributed by atoms with Crippen LogP contribution in [0.5, 0.6) is 5.75 Å². The maximum absolute atomic E-state index is 6.12. The lowest BCUT2D eigenvalue weighted by atomic mass is 10.0. The highest BCUT2D eigenvalue weighted by Crippen LogP contribution is 2.24. The maximum Gasteiger partial charge on any atom is 0.191 e. The second-order valence-corrected chi connectivity index (χ2v) is 7.13. The first-order valence-corrected chi connectivity index (χ1v) is 10.1. The van der Waals surface area contributed by atoms with E-state index in [9.17, 15) is 0 Å². The van der Waals surface area contributed by atoms with Gasteiger partial charge in [-0.15, -0.1) is 24.0 Å². The van der Waals surface area contributed by atoms with E-state index in [1.807, 2.05) is 31.2 Å². The third kappa shape index (κ3) is 10.1. The second-order valence-electron chi connectivity index (χ2n) is 6.72. The van der Waals surface area contributed by atoms with Crippen molar-refractivity contribution in [3.8, 4) is 5.75 Å². The van der Waals surface area contributed by atoms with Gasteiger partial charge in [0.05, 0.1) is 11.6 Å². The van der Waals surface area contributed by atoms with Gasteiger partial charge in [0.25, 0.3) is 0 Å². The summed E-state index contributed by atoms with van der Waals surface area (Å²) in [4.78, 5) is 4.23. The summed E-state index contributed by atoms with van der Waals surface area (Å²) in [6.45, 7) is 6.78. The van der Waals surface area contributed by atoms with E-state index >= 15 is 0 Å². The molecule has 1 heterocycles. The van der Waals surface area contributed by atoms with Gasteiger partial charge in [0, 0.05) is 40.0 Å². The third-order valence-corrected chi connectivity index (χ3v) is 4.71. The third-order valence-electron chi connectivity index (χ3n) is 4.40. The number of guanidine groups is 1. The van der Waals surface area contributed by atoms with Gasteiger partial charge in [0.1, 0.15) is 11.9 Å². The molecule has 0 aliphatic carbocycles. The largest absolute Gasteiger partial charge is 0.487 e. The van der Waals surface area contributed by atoms with Crippen LogP contribution < -0.4 is 15.4 Å². The first-order chi connectivity index (χ1) is 13.2. The normalized spacial score (nSPS) is 16.2. The van der Waals surface area contributed by atoms with Crippen molar-refractivity contribution in [1.29, 1.82) is 0 Å². The molecule has 1 aromatic carbocycles. The van der Waals surface area contributed by atoms with Crippen molar-refractivity contribution in [2.75, 3.05) is 46.6 Å². The van der Waals surface area contributed by atoms with Gasteiger partial charge in [0.15, 0.2) is 5.96 Å². The van der Waals surface area contributed by atoms with Crippen LogP contribution >= 0.6 is 35.6 Å². The number of benzene rings is 1. The highest BCUT2D eigenvalue weighted by molar-refractivity contribution is 14.0. The van der Waals surface area contributed by atoms with Gasteiger partial charge in [-0.2, -0.15) is 0 Å². The zero-order valence-electron chi connectivity index (χ0n) is 16.8. The minimum atomic E-state index is -0.0359. The van der Waals surface area contributed by atoms with Gasteiger partial charge in [-0.3, -0.25) is 4.99 Å². The number of hydrogen-bond acceptors (Lipinski definition) is 4. The van der Waals surface area contributed by atoms with Crippen molar-refractivity contribution in [3.63, 3.8) is 0 Å². The standard InChI is InChI=1S/C20H32ClN3O3.HI/c1-16(27-19-7-4-3-6-18(19)21)14-24-20(22-2)23-10-5-11-26-15-17-8-12-25-13-9-17;/h3-4,6-7,16-17H,5,8-15H2,1-2H3,(H2,22,23,24);1H. The van der Waals surface area contributed by atoms with E-state index in [0.29, 0.717) is 23.2 Å². The first-order valence-electron chi connectivity index (χ1n) is 9.70. The molecule has 28 heavy (non-hydrogen) atoms. The molecule has 2 rings (SSSR count). The number of nitrogens with one attached hydrogen (secondary N) is 2. The summed E-state index contributed by atoms with van der Waals surface area (Å²) in [5.74, 6) is 2.10. The molecule has 0 aromatic heterocycles. The van der Waals surface area contributed by atoms with Gasteiger partial charge < -0.3 is 24.8 Å². The fourth-order valence-electron chi connectivity index (χ4n) is 2.80. The summed E-state index contributed by atoms with van der Waals surface area (Å²) in [5, 5.41) is 7.18. The molecule has 1 aliphatic heterocycles. The summed E-state index contributed by atoms with van der Waals surface area (Å²) in [5.41, 5.74) is 0. The Morgan fingerprint density at radius 3 is 2.75 bits per heavy atom. The number of nitrogens with zero attached hydrogens (tertiary/aromatic N) is 1. The Labute approximate surface area is 190 Å². The molecule has 160 valence electrons. The van der Waals surface area contributed by atoms with Crippen LogP contribution in [0.25, 0.3) is 0 Å². The number of hydrogen-bond donors (Lipinski definition) is 2. The van der Waals surface area contributed by atoms with Gasteiger partial charge >= 0.3 is 0 Å². The quantitative estimate of drug-likeness (QED) is 0.211. The first kappa shape index (κ1) is 25.3. The lowest BCUT2D eigenvalue weighted by molar-refractivity contribution is 0.0203. The zero-order valence-corrected chi connectivity index (χ0v) is 19.9. The molecule has 1 atom stereocenters. The summed E-state index contributed by atoms with van der Waals surface area (Å²) in [6, 6.07) is 7.48. The van der Waals surface area contributed by atoms with Crippen molar-refractivity contribution >= 4 is 41.5 Å². The van der Waals surface area contributed by atoms with Crippen molar-refractivity contribution in [2.45, 2.75) is 32.3 Å². The number of rotatable bonds is 10. The average molecular weight is 526 g/mol. The Kier molecular flexibility index (Phi) is 13.6. The monoisotopic (exact) mass is 525 g/mol. The molecule has 1 unspecified atom stereocenters. The highest BCUT2D eigenvalue weighted by atomic mass is 127. The van der Waals surface area contributed by atoms with E-state index in [1.54, 1.807) is 7.05 Å². The van der Waals surface area contributed by atoms with Crippen molar-refractivity contribution in [3.05, 3.63) is 29.3 Å². The molecule has 1 aromatic rings. The van der Waals surface area contributed by atoms with Crippen LogP contribution in [0.4, 0.5) is 0 Å². The number of para-hydroxylation sites is 1. The molecule has 0 bridgehead atoms. The Bertz CT molecular complexity index is 571. The van der Waals surface area contributed by atoms with Gasteiger partial charge in [-0.1, -0.05) is 23.7 Å². The van der Waals surface area contributed by atoms with Gasteiger partial charge in [-0.05, 0) is 44.2 Å². The highest BCUT2D eigenvalue weighted by Gasteiger charge is 2.13. The zero-order chi connectivity index (χ0) is 19.3. The molecule has 1 aliphatic rings. The number of ether oxygens (including phenoxy) is 3. The molecule has 0 radical (unpaired) electrons. The van der Waals surface area contributed by atoms with Crippen LogP contribution in [-0.2, 0) is 9.47 Å². The maximum atomic E-state index is 6.12. The summed E-state index contributed by atoms with van der Waals surface area (Å²) >= 11 is 6.12. The van der Waals surface area contributed by atoms with Crippen molar-refractivity contribution in [2.24, 2.45) is 10.9 Å². The van der Waals surface area contributed by atoms with Gasteiger partial charge in [0.2, 0.25) is 0 Å². The molecule has 8 heteroatoms. The fraction of sp³-hybridized carbons (Fsp3) is 0.650. The topological polar surface area (TPSA) is 64.1 Å². The average Bonchev–Trinajstić information content (AvgIpc) is 2.69. The van der Waals surface area contributed by atoms with E-state index in [1.165, 1.54) is 0 Å². The van der Waals surface area contributed by atoms with Crippen LogP contribution in [-0.4, -0.2) is 58.6 Å². The van der Waals surface area contributed by atoms with E-state index in [-0.39, 0.29) is 30.1 Å². The molecule has 6 nitrogen and oxygen atoms in total. The summed E-state index contributed by atoms with van der Waals surface area (Å²) in [6.07, 6.45) is 3.13. The smallest absolute Gasteiger partial charge is 0.191 e. The minimum Gasteiger partial charge on any atom is -0.487 e. The number of halogens is 2. The molecule has 0 spiro atoms. The van der Waals surface area contributed by atoms with E-state index in [4.69, 9.17) is 25.8 Å². The van der Waals surface area contributed by atoms with Crippen LogP contribution in [0.15, 0.2) is 29.3 Å². The Hall–Kier alpha value is -0.770. The molecule has 1 fully saturated rings. The predicted octanol–water partition coefficient (Wildman–Crippen LogP) is 3.72. The summed E-state index contributed by atoms with van der Waals surface area (Å²) in [7, 11) is 1.76. The molecular formula is C20H33ClIN3O3. The van der Waals surface area contributed by atoms with Gasteiger partial charge in [-0.25, -0.2) is 0 Å². The van der Waals surface area contributed by atoms with Crippen molar-refractivity contribution < 1.29 is 14.2 Å². The molecule has 0 saturated carbocycles. The van der Waals surface area contributed by atoms with Crippen LogP contribution in [0, 0.1) is 5.92 Å². The van der Waals surface area contributed by atoms with E-state index in [2.05, 4.69) is 15.6 Å². The lowest BCUT2D eigenvalue weighted by Crippen LogP contribution is -2.42. The van der Waals surface area contributed by atoms with Crippen molar-refractivity contribution in [1.82, 2.24) is 10.6 Å². The Balaban J connectivity index is 0.00000392. The molecular weight excluding hydrogens is 493 g/mol. The molecule has 1 saturated heterocycles. The van der Waals surface area contributed by atoms with Crippen LogP contribution in [0.3, 0.4) is 0 Å². The Morgan fingerprint density at radius 1 is 1.29 bits per heavy atom.